The number of carboxylic acid groups (broad SMARTS) is 1. The van der Waals surface area contributed by atoms with Crippen LogP contribution in [0.15, 0.2) is 51.7 Å². The Morgan fingerprint density at radius 1 is 0.972 bits per heavy atom. The van der Waals surface area contributed by atoms with Crippen molar-refractivity contribution in [3.8, 4) is 0 Å². The van der Waals surface area contributed by atoms with E-state index in [1.165, 1.54) is 12.1 Å². The van der Waals surface area contributed by atoms with Gasteiger partial charge in [-0.15, -0.1) is 0 Å². The molecule has 0 unspecified atom stereocenters. The summed E-state index contributed by atoms with van der Waals surface area (Å²) in [6.45, 7) is 4.07. The summed E-state index contributed by atoms with van der Waals surface area (Å²) in [5.41, 5.74) is 2.71. The summed E-state index contributed by atoms with van der Waals surface area (Å²) in [4.78, 5) is 24.2. The molecule has 1 aliphatic carbocycles. The number of hydrogen-bond acceptors (Lipinski definition) is 3. The molecule has 0 spiro atoms. The fourth-order valence-corrected chi connectivity index (χ4v) is 5.75. The molecule has 192 valence electrons. The SMILES string of the molecule is CCCc1c(CCC)c2ccc(C3(c4ccc(C(=O)O)cc4)CCC(C(F)(F)F)CC3)cc2oc1=O. The Balaban J connectivity index is 1.86. The predicted molar refractivity (Wildman–Crippen MR) is 133 cm³/mol. The summed E-state index contributed by atoms with van der Waals surface area (Å²) >= 11 is 0. The van der Waals surface area contributed by atoms with Crippen LogP contribution in [0.3, 0.4) is 0 Å². The molecule has 1 aliphatic rings. The molecular formula is C29H31F3O4. The molecule has 1 aromatic heterocycles. The Morgan fingerprint density at radius 3 is 2.11 bits per heavy atom. The fraction of sp³-hybridized carbons (Fsp3) is 0.448. The largest absolute Gasteiger partial charge is 0.478 e. The normalized spacial score (nSPS) is 20.5. The summed E-state index contributed by atoms with van der Waals surface area (Å²) in [7, 11) is 0. The minimum Gasteiger partial charge on any atom is -0.478 e. The molecule has 0 aliphatic heterocycles. The van der Waals surface area contributed by atoms with Crippen molar-refractivity contribution in [3.63, 3.8) is 0 Å². The van der Waals surface area contributed by atoms with Crippen LogP contribution in [0.25, 0.3) is 11.0 Å². The lowest BCUT2D eigenvalue weighted by atomic mass is 9.63. The standard InChI is InChI=1S/C29H31F3O4/c1-3-5-22-23-12-11-21(17-25(23)36-27(35)24(22)6-4-2)28(15-13-20(14-16-28)29(30,31)32)19-9-7-18(8-10-19)26(33)34/h7-12,17,20H,3-6,13-16H2,1-2H3,(H,33,34). The number of aromatic carboxylic acids is 1. The number of alkyl halides is 3. The second-order valence-corrected chi connectivity index (χ2v) is 9.84. The van der Waals surface area contributed by atoms with Gasteiger partial charge in [0.25, 0.3) is 0 Å². The maximum Gasteiger partial charge on any atom is 0.391 e. The quantitative estimate of drug-likeness (QED) is 0.343. The molecule has 4 rings (SSSR count). The van der Waals surface area contributed by atoms with Gasteiger partial charge < -0.3 is 9.52 Å². The van der Waals surface area contributed by atoms with Crippen molar-refractivity contribution < 1.29 is 27.5 Å². The van der Waals surface area contributed by atoms with Crippen molar-refractivity contribution in [1.82, 2.24) is 0 Å². The topological polar surface area (TPSA) is 67.5 Å². The second-order valence-electron chi connectivity index (χ2n) is 9.84. The van der Waals surface area contributed by atoms with E-state index in [1.807, 2.05) is 25.1 Å². The molecule has 0 radical (unpaired) electrons. The van der Waals surface area contributed by atoms with E-state index in [4.69, 9.17) is 4.42 Å². The van der Waals surface area contributed by atoms with Gasteiger partial charge in [-0.25, -0.2) is 9.59 Å². The number of benzene rings is 2. The molecule has 1 heterocycles. The van der Waals surface area contributed by atoms with Crippen LogP contribution in [0.5, 0.6) is 0 Å². The summed E-state index contributed by atoms with van der Waals surface area (Å²) in [6, 6.07) is 12.1. The van der Waals surface area contributed by atoms with Gasteiger partial charge in [-0.1, -0.05) is 51.0 Å². The number of fused-ring (bicyclic) bond motifs is 1. The van der Waals surface area contributed by atoms with Gasteiger partial charge >= 0.3 is 17.8 Å². The van der Waals surface area contributed by atoms with E-state index in [2.05, 4.69) is 6.92 Å². The van der Waals surface area contributed by atoms with E-state index in [9.17, 15) is 27.9 Å². The molecule has 1 fully saturated rings. The number of carboxylic acids is 1. The Hall–Kier alpha value is -3.09. The first-order chi connectivity index (χ1) is 17.1. The lowest BCUT2D eigenvalue weighted by molar-refractivity contribution is -0.184. The Labute approximate surface area is 208 Å². The number of hydrogen-bond donors (Lipinski definition) is 1. The van der Waals surface area contributed by atoms with Crippen molar-refractivity contribution in [2.24, 2.45) is 5.92 Å². The van der Waals surface area contributed by atoms with E-state index in [1.54, 1.807) is 12.1 Å². The molecule has 4 nitrogen and oxygen atoms in total. The van der Waals surface area contributed by atoms with E-state index in [0.717, 1.165) is 41.3 Å². The zero-order valence-corrected chi connectivity index (χ0v) is 20.6. The maximum atomic E-state index is 13.5. The Morgan fingerprint density at radius 2 is 1.56 bits per heavy atom. The van der Waals surface area contributed by atoms with Crippen LogP contribution < -0.4 is 5.63 Å². The van der Waals surface area contributed by atoms with Crippen LogP contribution in [0.2, 0.25) is 0 Å². The third kappa shape index (κ3) is 4.80. The fourth-order valence-electron chi connectivity index (χ4n) is 5.75. The van der Waals surface area contributed by atoms with Gasteiger partial charge in [0.1, 0.15) is 5.58 Å². The zero-order valence-electron chi connectivity index (χ0n) is 20.6. The minimum atomic E-state index is -4.25. The van der Waals surface area contributed by atoms with E-state index in [-0.39, 0.29) is 36.9 Å². The first-order valence-electron chi connectivity index (χ1n) is 12.6. The highest BCUT2D eigenvalue weighted by Gasteiger charge is 2.47. The van der Waals surface area contributed by atoms with Gasteiger partial charge in [-0.05, 0) is 73.4 Å². The first-order valence-corrected chi connectivity index (χ1v) is 12.6. The van der Waals surface area contributed by atoms with Gasteiger partial charge in [0.15, 0.2) is 0 Å². The van der Waals surface area contributed by atoms with Crippen LogP contribution in [0.1, 0.15) is 85.0 Å². The molecule has 7 heteroatoms. The third-order valence-corrected chi connectivity index (χ3v) is 7.66. The molecule has 1 N–H and O–H groups in total. The molecule has 0 amide bonds. The molecule has 2 aromatic carbocycles. The van der Waals surface area contributed by atoms with Gasteiger partial charge in [0.05, 0.1) is 11.5 Å². The number of rotatable bonds is 7. The van der Waals surface area contributed by atoms with Crippen molar-refractivity contribution in [2.75, 3.05) is 0 Å². The predicted octanol–water partition coefficient (Wildman–Crippen LogP) is 7.43. The third-order valence-electron chi connectivity index (χ3n) is 7.66. The highest BCUT2D eigenvalue weighted by atomic mass is 19.4. The second kappa shape index (κ2) is 10.1. The summed E-state index contributed by atoms with van der Waals surface area (Å²) in [6.07, 6.45) is -0.716. The van der Waals surface area contributed by atoms with Gasteiger partial charge in [0.2, 0.25) is 0 Å². The number of carbonyl (C=O) groups is 1. The van der Waals surface area contributed by atoms with Crippen molar-refractivity contribution in [1.29, 1.82) is 0 Å². The van der Waals surface area contributed by atoms with Gasteiger partial charge in [0, 0.05) is 16.4 Å². The van der Waals surface area contributed by atoms with Crippen LogP contribution in [-0.4, -0.2) is 17.3 Å². The average molecular weight is 501 g/mol. The highest BCUT2D eigenvalue weighted by molar-refractivity contribution is 5.87. The highest BCUT2D eigenvalue weighted by Crippen LogP contribution is 2.50. The smallest absolute Gasteiger partial charge is 0.391 e. The monoisotopic (exact) mass is 500 g/mol. The first kappa shape index (κ1) is 26.0. The average Bonchev–Trinajstić information content (AvgIpc) is 2.85. The molecule has 1 saturated carbocycles. The van der Waals surface area contributed by atoms with Crippen molar-refractivity contribution in [2.45, 2.75) is 76.8 Å². The lowest BCUT2D eigenvalue weighted by Crippen LogP contribution is -2.37. The Bertz CT molecular complexity index is 1300. The molecule has 0 atom stereocenters. The number of aryl methyl sites for hydroxylation is 1. The van der Waals surface area contributed by atoms with Gasteiger partial charge in [-0.2, -0.15) is 13.2 Å². The van der Waals surface area contributed by atoms with Crippen LogP contribution in [-0.2, 0) is 18.3 Å². The molecular weight excluding hydrogens is 469 g/mol. The number of halogens is 3. The zero-order chi connectivity index (χ0) is 26.1. The van der Waals surface area contributed by atoms with Crippen LogP contribution >= 0.6 is 0 Å². The Kier molecular flexibility index (Phi) is 7.30. The summed E-state index contributed by atoms with van der Waals surface area (Å²) in [5.74, 6) is -2.43. The lowest BCUT2D eigenvalue weighted by Gasteiger charge is -2.42. The van der Waals surface area contributed by atoms with Gasteiger partial charge in [-0.3, -0.25) is 0 Å². The molecule has 36 heavy (non-hydrogen) atoms. The van der Waals surface area contributed by atoms with Crippen molar-refractivity contribution in [3.05, 3.63) is 80.7 Å². The van der Waals surface area contributed by atoms with E-state index >= 15 is 0 Å². The maximum absolute atomic E-state index is 13.5. The van der Waals surface area contributed by atoms with Crippen LogP contribution in [0, 0.1) is 5.92 Å². The molecule has 3 aromatic rings. The summed E-state index contributed by atoms with van der Waals surface area (Å²) < 4.78 is 46.2. The minimum absolute atomic E-state index is 0.0251. The summed E-state index contributed by atoms with van der Waals surface area (Å²) in [5, 5.41) is 10.2. The van der Waals surface area contributed by atoms with E-state index < -0.39 is 23.5 Å². The van der Waals surface area contributed by atoms with E-state index in [0.29, 0.717) is 17.6 Å². The molecule has 0 bridgehead atoms. The van der Waals surface area contributed by atoms with Crippen LogP contribution in [0.4, 0.5) is 13.2 Å². The molecule has 0 saturated heterocycles. The van der Waals surface area contributed by atoms with Crippen molar-refractivity contribution >= 4 is 16.9 Å².